The van der Waals surface area contributed by atoms with Gasteiger partial charge in [-0.2, -0.15) is 0 Å². The summed E-state index contributed by atoms with van der Waals surface area (Å²) in [7, 11) is -1.31. The average Bonchev–Trinajstić information content (AvgIpc) is 2.91. The van der Waals surface area contributed by atoms with E-state index in [9.17, 15) is 8.42 Å². The molecule has 1 aromatic rings. The Hall–Kier alpha value is -0.840. The van der Waals surface area contributed by atoms with Gasteiger partial charge < -0.3 is 14.8 Å². The van der Waals surface area contributed by atoms with Gasteiger partial charge in [-0.15, -0.1) is 24.0 Å². The molecule has 0 amide bonds. The summed E-state index contributed by atoms with van der Waals surface area (Å²) in [6.07, 6.45) is 5.41. The van der Waals surface area contributed by atoms with Gasteiger partial charge in [0, 0.05) is 45.6 Å². The van der Waals surface area contributed by atoms with Crippen molar-refractivity contribution in [2.75, 3.05) is 32.4 Å². The molecule has 1 N–H and O–H groups in total. The monoisotopic (exact) mass is 441 g/mol. The molecule has 1 aromatic heterocycles. The van der Waals surface area contributed by atoms with Crippen molar-refractivity contribution in [1.82, 2.24) is 19.8 Å². The van der Waals surface area contributed by atoms with Crippen molar-refractivity contribution in [2.45, 2.75) is 25.1 Å². The minimum atomic E-state index is -3.03. The van der Waals surface area contributed by atoms with Crippen LogP contribution in [-0.4, -0.2) is 66.0 Å². The van der Waals surface area contributed by atoms with Crippen molar-refractivity contribution >= 4 is 39.8 Å². The van der Waals surface area contributed by atoms with Crippen LogP contribution in [0.2, 0.25) is 0 Å². The highest BCUT2D eigenvalue weighted by molar-refractivity contribution is 14.0. The van der Waals surface area contributed by atoms with Crippen LogP contribution in [0.4, 0.5) is 0 Å². The Labute approximate surface area is 149 Å². The molecular weight excluding hydrogens is 417 g/mol. The van der Waals surface area contributed by atoms with E-state index in [1.165, 1.54) is 0 Å². The lowest BCUT2D eigenvalue weighted by Gasteiger charge is -2.39. The average molecular weight is 441 g/mol. The molecule has 0 radical (unpaired) electrons. The fourth-order valence-electron chi connectivity index (χ4n) is 2.37. The molecule has 2 heterocycles. The minimum absolute atomic E-state index is 0. The van der Waals surface area contributed by atoms with E-state index in [1.54, 1.807) is 33.4 Å². The first-order valence-corrected chi connectivity index (χ1v) is 8.64. The molecule has 1 aliphatic heterocycles. The number of guanidine groups is 1. The minimum Gasteiger partial charge on any atom is -0.354 e. The van der Waals surface area contributed by atoms with Crippen LogP contribution in [-0.2, 0) is 16.4 Å². The van der Waals surface area contributed by atoms with Gasteiger partial charge in [-0.1, -0.05) is 0 Å². The summed E-state index contributed by atoms with van der Waals surface area (Å²) in [5, 5.41) is 3.28. The third-order valence-corrected chi connectivity index (χ3v) is 6.30. The second-order valence-corrected chi connectivity index (χ2v) is 8.52. The summed E-state index contributed by atoms with van der Waals surface area (Å²) in [5.41, 5.74) is 0. The summed E-state index contributed by atoms with van der Waals surface area (Å²) in [6.45, 7) is 5.98. The number of rotatable bonds is 3. The number of aromatic nitrogens is 2. The first kappa shape index (κ1) is 19.2. The van der Waals surface area contributed by atoms with E-state index in [0.29, 0.717) is 19.6 Å². The maximum Gasteiger partial charge on any atom is 0.193 e. The summed E-state index contributed by atoms with van der Waals surface area (Å²) >= 11 is 0. The van der Waals surface area contributed by atoms with Crippen molar-refractivity contribution in [3.8, 4) is 0 Å². The van der Waals surface area contributed by atoms with E-state index in [-0.39, 0.29) is 29.7 Å². The van der Waals surface area contributed by atoms with E-state index in [2.05, 4.69) is 15.3 Å². The van der Waals surface area contributed by atoms with Gasteiger partial charge in [-0.05, 0) is 13.8 Å². The van der Waals surface area contributed by atoms with E-state index in [0.717, 1.165) is 12.5 Å². The molecule has 1 fully saturated rings. The van der Waals surface area contributed by atoms with Gasteiger partial charge in [0.05, 0.1) is 16.8 Å². The number of hydrogen-bond donors (Lipinski definition) is 1. The molecule has 0 bridgehead atoms. The Balaban J connectivity index is 0.00000242. The molecule has 0 saturated carbocycles. The largest absolute Gasteiger partial charge is 0.354 e. The predicted molar refractivity (Wildman–Crippen MR) is 98.4 cm³/mol. The van der Waals surface area contributed by atoms with E-state index in [4.69, 9.17) is 0 Å². The fraction of sp³-hybridized carbons (Fsp3) is 0.692. The van der Waals surface area contributed by atoms with Crippen molar-refractivity contribution in [1.29, 1.82) is 0 Å². The zero-order chi connectivity index (χ0) is 15.5. The molecule has 0 spiro atoms. The van der Waals surface area contributed by atoms with Crippen LogP contribution in [0.5, 0.6) is 0 Å². The zero-order valence-corrected chi connectivity index (χ0v) is 16.3. The first-order chi connectivity index (χ1) is 9.86. The third-order valence-electron chi connectivity index (χ3n) is 3.77. The maximum atomic E-state index is 12.0. The van der Waals surface area contributed by atoms with Crippen LogP contribution in [0.15, 0.2) is 23.7 Å². The van der Waals surface area contributed by atoms with Gasteiger partial charge >= 0.3 is 0 Å². The number of hydrogen-bond acceptors (Lipinski definition) is 4. The van der Waals surface area contributed by atoms with Crippen LogP contribution >= 0.6 is 24.0 Å². The standard InChI is InChI=1S/C13H23N5O2S.HI/c1-13(2)10-18(8-9-21(13,19)20)12(14-3)16-5-7-17-6-4-15-11-17;/h4,6,11H,5,7-10H2,1-3H3,(H,14,16);1H. The topological polar surface area (TPSA) is 79.6 Å². The molecule has 2 rings (SSSR count). The molecule has 1 saturated heterocycles. The van der Waals surface area contributed by atoms with Gasteiger partial charge in [-0.25, -0.2) is 13.4 Å². The molecular formula is C13H24IN5O2S. The van der Waals surface area contributed by atoms with Crippen molar-refractivity contribution in [3.63, 3.8) is 0 Å². The van der Waals surface area contributed by atoms with Crippen LogP contribution in [0.1, 0.15) is 13.8 Å². The third kappa shape index (κ3) is 4.34. The normalized spacial score (nSPS) is 20.3. The van der Waals surface area contributed by atoms with Gasteiger partial charge in [-0.3, -0.25) is 4.99 Å². The fourth-order valence-corrected chi connectivity index (χ4v) is 3.74. The van der Waals surface area contributed by atoms with Gasteiger partial charge in [0.2, 0.25) is 0 Å². The van der Waals surface area contributed by atoms with Crippen molar-refractivity contribution < 1.29 is 8.42 Å². The Kier molecular flexibility index (Phi) is 6.65. The van der Waals surface area contributed by atoms with E-state index in [1.807, 2.05) is 15.7 Å². The molecule has 9 heteroatoms. The number of halogens is 1. The van der Waals surface area contributed by atoms with Crippen molar-refractivity contribution in [2.24, 2.45) is 4.99 Å². The Morgan fingerprint density at radius 1 is 1.45 bits per heavy atom. The predicted octanol–water partition coefficient (Wildman–Crippen LogP) is 0.585. The Bertz CT molecular complexity index is 598. The summed E-state index contributed by atoms with van der Waals surface area (Å²) < 4.78 is 25.3. The zero-order valence-electron chi connectivity index (χ0n) is 13.2. The number of nitrogens with zero attached hydrogens (tertiary/aromatic N) is 4. The van der Waals surface area contributed by atoms with Gasteiger partial charge in [0.15, 0.2) is 15.8 Å². The number of imidazole rings is 1. The molecule has 1 aliphatic rings. The second-order valence-electron chi connectivity index (χ2n) is 5.77. The second kappa shape index (κ2) is 7.62. The summed E-state index contributed by atoms with van der Waals surface area (Å²) in [5.74, 6) is 0.917. The molecule has 7 nitrogen and oxygen atoms in total. The van der Waals surface area contributed by atoms with Crippen LogP contribution in [0.25, 0.3) is 0 Å². The summed E-state index contributed by atoms with van der Waals surface area (Å²) in [6, 6.07) is 0. The van der Waals surface area contributed by atoms with Gasteiger partial charge in [0.1, 0.15) is 0 Å². The van der Waals surface area contributed by atoms with Crippen LogP contribution in [0, 0.1) is 0 Å². The SMILES string of the molecule is CN=C(NCCn1ccnc1)N1CCS(=O)(=O)C(C)(C)C1.I. The lowest BCUT2D eigenvalue weighted by atomic mass is 10.2. The van der Waals surface area contributed by atoms with E-state index < -0.39 is 14.6 Å². The molecule has 126 valence electrons. The number of sulfone groups is 1. The smallest absolute Gasteiger partial charge is 0.193 e. The quantitative estimate of drug-likeness (QED) is 0.422. The Morgan fingerprint density at radius 3 is 2.73 bits per heavy atom. The highest BCUT2D eigenvalue weighted by Crippen LogP contribution is 2.23. The molecule has 0 aromatic carbocycles. The number of aliphatic imine (C=N–C) groups is 1. The van der Waals surface area contributed by atoms with Gasteiger partial charge in [0.25, 0.3) is 0 Å². The number of nitrogens with one attached hydrogen (secondary N) is 1. The lowest BCUT2D eigenvalue weighted by molar-refractivity contribution is 0.353. The first-order valence-electron chi connectivity index (χ1n) is 6.99. The highest BCUT2D eigenvalue weighted by atomic mass is 127. The van der Waals surface area contributed by atoms with Crippen molar-refractivity contribution in [3.05, 3.63) is 18.7 Å². The van der Waals surface area contributed by atoms with E-state index >= 15 is 0 Å². The van der Waals surface area contributed by atoms with Crippen LogP contribution < -0.4 is 5.32 Å². The lowest BCUT2D eigenvalue weighted by Crippen LogP contribution is -2.57. The molecule has 0 unspecified atom stereocenters. The molecule has 0 atom stereocenters. The van der Waals surface area contributed by atoms with Crippen LogP contribution in [0.3, 0.4) is 0 Å². The molecule has 22 heavy (non-hydrogen) atoms. The summed E-state index contributed by atoms with van der Waals surface area (Å²) in [4.78, 5) is 10.3. The molecule has 0 aliphatic carbocycles. The highest BCUT2D eigenvalue weighted by Gasteiger charge is 2.40. The maximum absolute atomic E-state index is 12.0. The Morgan fingerprint density at radius 2 is 2.18 bits per heavy atom.